The molecule has 1 amide bonds. The second-order valence-corrected chi connectivity index (χ2v) is 7.54. The Morgan fingerprint density at radius 1 is 1.04 bits per heavy atom. The maximum absolute atomic E-state index is 12.5. The lowest BCUT2D eigenvalue weighted by molar-refractivity contribution is 0.102. The minimum atomic E-state index is -3.68. The van der Waals surface area contributed by atoms with Gasteiger partial charge in [0.1, 0.15) is 11.5 Å². The first kappa shape index (κ1) is 19.7. The van der Waals surface area contributed by atoms with Gasteiger partial charge in [0.05, 0.1) is 24.8 Å². The Balaban J connectivity index is 2.27. The van der Waals surface area contributed by atoms with Gasteiger partial charge in [0, 0.05) is 17.7 Å². The average molecular weight is 378 g/mol. The van der Waals surface area contributed by atoms with Gasteiger partial charge in [-0.05, 0) is 44.2 Å². The van der Waals surface area contributed by atoms with Crippen molar-refractivity contribution in [2.75, 3.05) is 19.5 Å². The molecule has 0 radical (unpaired) electrons. The van der Waals surface area contributed by atoms with E-state index in [1.165, 1.54) is 32.4 Å². The molecule has 0 aromatic heterocycles. The van der Waals surface area contributed by atoms with E-state index in [1.54, 1.807) is 38.1 Å². The molecule has 0 saturated carbocycles. The molecule has 8 heteroatoms. The molecule has 0 spiro atoms. The van der Waals surface area contributed by atoms with E-state index < -0.39 is 15.9 Å². The molecule has 0 atom stereocenters. The van der Waals surface area contributed by atoms with Crippen LogP contribution in [-0.4, -0.2) is 34.6 Å². The van der Waals surface area contributed by atoms with Gasteiger partial charge >= 0.3 is 0 Å². The summed E-state index contributed by atoms with van der Waals surface area (Å²) in [4.78, 5) is 12.6. The van der Waals surface area contributed by atoms with Crippen LogP contribution in [0, 0.1) is 0 Å². The number of anilines is 1. The van der Waals surface area contributed by atoms with Crippen LogP contribution in [0.5, 0.6) is 11.5 Å². The van der Waals surface area contributed by atoms with Gasteiger partial charge in [-0.3, -0.25) is 4.79 Å². The van der Waals surface area contributed by atoms with E-state index in [1.807, 2.05) is 0 Å². The van der Waals surface area contributed by atoms with E-state index in [9.17, 15) is 13.2 Å². The summed E-state index contributed by atoms with van der Waals surface area (Å²) >= 11 is 0. The molecule has 0 aliphatic carbocycles. The first-order chi connectivity index (χ1) is 12.3. The van der Waals surface area contributed by atoms with E-state index in [0.717, 1.165) is 0 Å². The number of hydrogen-bond donors (Lipinski definition) is 2. The number of benzene rings is 2. The summed E-state index contributed by atoms with van der Waals surface area (Å²) in [6.07, 6.45) is 0. The molecule has 0 fully saturated rings. The van der Waals surface area contributed by atoms with Crippen LogP contribution < -0.4 is 19.5 Å². The fourth-order valence-electron chi connectivity index (χ4n) is 2.28. The van der Waals surface area contributed by atoms with E-state index in [0.29, 0.717) is 17.2 Å². The van der Waals surface area contributed by atoms with Crippen LogP contribution in [-0.2, 0) is 10.0 Å². The summed E-state index contributed by atoms with van der Waals surface area (Å²) in [5.74, 6) is 0.575. The molecule has 0 bridgehead atoms. The molecule has 2 rings (SSSR count). The molecule has 0 heterocycles. The van der Waals surface area contributed by atoms with Crippen molar-refractivity contribution in [3.8, 4) is 11.5 Å². The van der Waals surface area contributed by atoms with Crippen LogP contribution in [0.25, 0.3) is 0 Å². The van der Waals surface area contributed by atoms with Crippen molar-refractivity contribution in [3.05, 3.63) is 48.0 Å². The van der Waals surface area contributed by atoms with Gasteiger partial charge < -0.3 is 14.8 Å². The average Bonchev–Trinajstić information content (AvgIpc) is 2.61. The maximum Gasteiger partial charge on any atom is 0.255 e. The normalized spacial score (nSPS) is 11.3. The van der Waals surface area contributed by atoms with Crippen LogP contribution in [0.2, 0.25) is 0 Å². The lowest BCUT2D eigenvalue weighted by Crippen LogP contribution is -2.30. The predicted octanol–water partition coefficient (Wildman–Crippen LogP) is 2.64. The van der Waals surface area contributed by atoms with E-state index in [-0.39, 0.29) is 16.5 Å². The lowest BCUT2D eigenvalue weighted by Gasteiger charge is -2.13. The number of hydrogen-bond acceptors (Lipinski definition) is 5. The summed E-state index contributed by atoms with van der Waals surface area (Å²) in [5.41, 5.74) is 0.668. The lowest BCUT2D eigenvalue weighted by atomic mass is 10.2. The first-order valence-electron chi connectivity index (χ1n) is 7.92. The van der Waals surface area contributed by atoms with E-state index in [2.05, 4.69) is 10.0 Å². The Hall–Kier alpha value is -2.58. The largest absolute Gasteiger partial charge is 0.497 e. The molecule has 0 saturated heterocycles. The van der Waals surface area contributed by atoms with Gasteiger partial charge in [-0.2, -0.15) is 0 Å². The van der Waals surface area contributed by atoms with Crippen molar-refractivity contribution in [1.29, 1.82) is 0 Å². The standard InChI is InChI=1S/C18H22N2O5S/c1-12(2)20-26(22,23)15-7-5-6-13(10-15)18(21)19-16-9-8-14(24-3)11-17(16)25-4/h5-12,20H,1-4H3,(H,19,21). The smallest absolute Gasteiger partial charge is 0.255 e. The van der Waals surface area contributed by atoms with Gasteiger partial charge in [0.2, 0.25) is 10.0 Å². The highest BCUT2D eigenvalue weighted by Crippen LogP contribution is 2.29. The monoisotopic (exact) mass is 378 g/mol. The van der Waals surface area contributed by atoms with Gasteiger partial charge in [-0.25, -0.2) is 13.1 Å². The number of amides is 1. The maximum atomic E-state index is 12.5. The van der Waals surface area contributed by atoms with Crippen LogP contribution >= 0.6 is 0 Å². The van der Waals surface area contributed by atoms with Crippen LogP contribution in [0.3, 0.4) is 0 Å². The minimum Gasteiger partial charge on any atom is -0.497 e. The topological polar surface area (TPSA) is 93.7 Å². The van der Waals surface area contributed by atoms with Crippen LogP contribution in [0.4, 0.5) is 5.69 Å². The fraction of sp³-hybridized carbons (Fsp3) is 0.278. The predicted molar refractivity (Wildman–Crippen MR) is 99.4 cm³/mol. The van der Waals surface area contributed by atoms with Crippen molar-refractivity contribution in [2.45, 2.75) is 24.8 Å². The van der Waals surface area contributed by atoms with E-state index in [4.69, 9.17) is 9.47 Å². The summed E-state index contributed by atoms with van der Waals surface area (Å²) in [5, 5.41) is 2.71. The quantitative estimate of drug-likeness (QED) is 0.772. The molecule has 140 valence electrons. The van der Waals surface area contributed by atoms with Crippen LogP contribution in [0.15, 0.2) is 47.4 Å². The molecule has 0 unspecified atom stereocenters. The summed E-state index contributed by atoms with van der Waals surface area (Å²) < 4.78 is 37.4. The summed E-state index contributed by atoms with van der Waals surface area (Å²) in [6.45, 7) is 3.45. The Kier molecular flexibility index (Phi) is 6.23. The third-order valence-corrected chi connectivity index (χ3v) is 5.11. The second kappa shape index (κ2) is 8.20. The molecule has 2 N–H and O–H groups in total. The van der Waals surface area contributed by atoms with Crippen molar-refractivity contribution in [2.24, 2.45) is 0 Å². The minimum absolute atomic E-state index is 0.0283. The SMILES string of the molecule is COc1ccc(NC(=O)c2cccc(S(=O)(=O)NC(C)C)c2)c(OC)c1. The molecular weight excluding hydrogens is 356 g/mol. The zero-order valence-electron chi connectivity index (χ0n) is 15.1. The van der Waals surface area contributed by atoms with Gasteiger partial charge in [-0.15, -0.1) is 0 Å². The number of nitrogens with one attached hydrogen (secondary N) is 2. The molecule has 0 aliphatic rings. The number of sulfonamides is 1. The molecule has 2 aromatic carbocycles. The second-order valence-electron chi connectivity index (χ2n) is 5.82. The zero-order chi connectivity index (χ0) is 19.3. The summed E-state index contributed by atoms with van der Waals surface area (Å²) in [6, 6.07) is 10.6. The Morgan fingerprint density at radius 2 is 1.77 bits per heavy atom. The third kappa shape index (κ3) is 4.74. The van der Waals surface area contributed by atoms with E-state index >= 15 is 0 Å². The highest BCUT2D eigenvalue weighted by Gasteiger charge is 2.18. The highest BCUT2D eigenvalue weighted by molar-refractivity contribution is 7.89. The number of carbonyl (C=O) groups excluding carboxylic acids is 1. The molecule has 26 heavy (non-hydrogen) atoms. The van der Waals surface area contributed by atoms with Crippen LogP contribution in [0.1, 0.15) is 24.2 Å². The van der Waals surface area contributed by atoms with Gasteiger partial charge in [0.15, 0.2) is 0 Å². The molecule has 7 nitrogen and oxygen atoms in total. The van der Waals surface area contributed by atoms with Crippen molar-refractivity contribution in [1.82, 2.24) is 4.72 Å². The highest BCUT2D eigenvalue weighted by atomic mass is 32.2. The third-order valence-electron chi connectivity index (χ3n) is 3.45. The number of methoxy groups -OCH3 is 2. The molecule has 2 aromatic rings. The van der Waals surface area contributed by atoms with Gasteiger partial charge in [-0.1, -0.05) is 6.07 Å². The first-order valence-corrected chi connectivity index (χ1v) is 9.41. The molecular formula is C18H22N2O5S. The number of ether oxygens (including phenoxy) is 2. The van der Waals surface area contributed by atoms with Crippen molar-refractivity contribution < 1.29 is 22.7 Å². The Labute approximate surface area is 153 Å². The fourth-order valence-corrected chi connectivity index (χ4v) is 3.58. The van der Waals surface area contributed by atoms with Crippen molar-refractivity contribution in [3.63, 3.8) is 0 Å². The van der Waals surface area contributed by atoms with Crippen molar-refractivity contribution >= 4 is 21.6 Å². The Bertz CT molecular complexity index is 894. The zero-order valence-corrected chi connectivity index (χ0v) is 15.9. The molecule has 0 aliphatic heterocycles. The summed E-state index contributed by atoms with van der Waals surface area (Å²) in [7, 11) is -0.668. The Morgan fingerprint density at radius 3 is 2.38 bits per heavy atom. The number of carbonyl (C=O) groups is 1. The number of rotatable bonds is 7. The van der Waals surface area contributed by atoms with Gasteiger partial charge in [0.25, 0.3) is 5.91 Å².